The number of nitrogens with two attached hydrogens (primary N) is 1. The lowest BCUT2D eigenvalue weighted by atomic mass is 10.0. The van der Waals surface area contributed by atoms with Crippen LogP contribution < -0.4 is 10.5 Å². The Hall–Kier alpha value is -1.82. The summed E-state index contributed by atoms with van der Waals surface area (Å²) in [7, 11) is 3.29. The van der Waals surface area contributed by atoms with Gasteiger partial charge in [-0.15, -0.1) is 0 Å². The summed E-state index contributed by atoms with van der Waals surface area (Å²) in [5.74, 6) is -1.14. The predicted molar refractivity (Wildman–Crippen MR) is 77.9 cm³/mol. The van der Waals surface area contributed by atoms with Crippen molar-refractivity contribution in [1.29, 1.82) is 0 Å². The third kappa shape index (κ3) is 3.64. The summed E-state index contributed by atoms with van der Waals surface area (Å²) >= 11 is 0. The van der Waals surface area contributed by atoms with Gasteiger partial charge in [0.2, 0.25) is 0 Å². The zero-order valence-electron chi connectivity index (χ0n) is 12.4. The van der Waals surface area contributed by atoms with Crippen LogP contribution in [-0.2, 0) is 4.74 Å². The summed E-state index contributed by atoms with van der Waals surface area (Å²) in [6, 6.07) is 2.66. The van der Waals surface area contributed by atoms with Gasteiger partial charge in [0.15, 0.2) is 11.6 Å². The van der Waals surface area contributed by atoms with Gasteiger partial charge in [0.25, 0.3) is 0 Å². The molecule has 0 aromatic heterocycles. The van der Waals surface area contributed by atoms with Crippen molar-refractivity contribution in [3.05, 3.63) is 23.5 Å². The van der Waals surface area contributed by atoms with Gasteiger partial charge in [-0.1, -0.05) is 6.42 Å². The second kappa shape index (κ2) is 6.76. The predicted octanol–water partition coefficient (Wildman–Crippen LogP) is 2.06. The third-order valence-electron chi connectivity index (χ3n) is 3.86. The lowest BCUT2D eigenvalue weighted by Gasteiger charge is -2.32. The van der Waals surface area contributed by atoms with Crippen LogP contribution in [0.4, 0.5) is 10.1 Å². The van der Waals surface area contributed by atoms with E-state index in [4.69, 9.17) is 10.5 Å². The van der Waals surface area contributed by atoms with Crippen LogP contribution in [0.1, 0.15) is 29.6 Å². The standard InChI is InChI=1S/C15H21FN2O3/c1-18-6-4-3-5-10(18)9-21-14-7-11(15(19)20-2)13(17)8-12(14)16/h7-8,10H,3-6,9,17H2,1-2H3. The number of anilines is 1. The molecule has 1 fully saturated rings. The maximum atomic E-state index is 13.9. The van der Waals surface area contributed by atoms with Crippen LogP contribution in [0.3, 0.4) is 0 Å². The molecule has 1 atom stereocenters. The fraction of sp³-hybridized carbons (Fsp3) is 0.533. The number of hydrogen-bond acceptors (Lipinski definition) is 5. The molecule has 0 saturated carbocycles. The van der Waals surface area contributed by atoms with Crippen LogP contribution >= 0.6 is 0 Å². The fourth-order valence-corrected chi connectivity index (χ4v) is 2.51. The monoisotopic (exact) mass is 296 g/mol. The van der Waals surface area contributed by atoms with Crippen LogP contribution in [0.5, 0.6) is 5.75 Å². The summed E-state index contributed by atoms with van der Waals surface area (Å²) in [5.41, 5.74) is 5.78. The topological polar surface area (TPSA) is 64.8 Å². The number of esters is 1. The summed E-state index contributed by atoms with van der Waals surface area (Å²) in [5, 5.41) is 0. The van der Waals surface area contributed by atoms with Crippen molar-refractivity contribution in [2.45, 2.75) is 25.3 Å². The SMILES string of the molecule is COC(=O)c1cc(OCC2CCCCN2C)c(F)cc1N. The van der Waals surface area contributed by atoms with Crippen molar-refractivity contribution in [1.82, 2.24) is 4.90 Å². The molecule has 1 saturated heterocycles. The molecule has 0 bridgehead atoms. The van der Waals surface area contributed by atoms with Gasteiger partial charge in [0.05, 0.1) is 12.7 Å². The maximum Gasteiger partial charge on any atom is 0.340 e. The number of benzene rings is 1. The van der Waals surface area contributed by atoms with Gasteiger partial charge >= 0.3 is 5.97 Å². The van der Waals surface area contributed by atoms with E-state index in [2.05, 4.69) is 9.64 Å². The molecule has 0 radical (unpaired) electrons. The quantitative estimate of drug-likeness (QED) is 0.680. The number of halogens is 1. The molecular weight excluding hydrogens is 275 g/mol. The van der Waals surface area contributed by atoms with E-state index in [0.717, 1.165) is 25.5 Å². The van der Waals surface area contributed by atoms with Crippen molar-refractivity contribution >= 4 is 11.7 Å². The summed E-state index contributed by atoms with van der Waals surface area (Å²) in [6.45, 7) is 1.41. The Balaban J connectivity index is 2.10. The zero-order chi connectivity index (χ0) is 15.4. The van der Waals surface area contributed by atoms with Gasteiger partial charge in [-0.05, 0) is 32.5 Å². The highest BCUT2D eigenvalue weighted by Crippen LogP contribution is 2.26. The van der Waals surface area contributed by atoms with Crippen molar-refractivity contribution in [3.8, 4) is 5.75 Å². The number of methoxy groups -OCH3 is 1. The molecular formula is C15H21FN2O3. The Morgan fingerprint density at radius 1 is 1.48 bits per heavy atom. The van der Waals surface area contributed by atoms with E-state index >= 15 is 0 Å². The highest BCUT2D eigenvalue weighted by Gasteiger charge is 2.21. The minimum atomic E-state index is -0.605. The Kier molecular flexibility index (Phi) is 5.01. The molecule has 2 N–H and O–H groups in total. The smallest absolute Gasteiger partial charge is 0.340 e. The summed E-state index contributed by atoms with van der Waals surface area (Å²) < 4.78 is 24.1. The number of rotatable bonds is 4. The van der Waals surface area contributed by atoms with Crippen molar-refractivity contribution in [2.24, 2.45) is 0 Å². The second-order valence-electron chi connectivity index (χ2n) is 5.30. The molecule has 1 aliphatic heterocycles. The first kappa shape index (κ1) is 15.6. The van der Waals surface area contributed by atoms with E-state index in [1.165, 1.54) is 19.6 Å². The van der Waals surface area contributed by atoms with Crippen molar-refractivity contribution in [2.75, 3.05) is 33.0 Å². The molecule has 1 heterocycles. The Bertz CT molecular complexity index is 522. The Morgan fingerprint density at radius 2 is 2.24 bits per heavy atom. The molecule has 1 aromatic rings. The van der Waals surface area contributed by atoms with E-state index in [1.807, 2.05) is 7.05 Å². The van der Waals surface area contributed by atoms with Crippen molar-refractivity contribution < 1.29 is 18.7 Å². The van der Waals surface area contributed by atoms with E-state index in [1.54, 1.807) is 0 Å². The first-order valence-electron chi connectivity index (χ1n) is 7.03. The van der Waals surface area contributed by atoms with E-state index in [0.29, 0.717) is 6.61 Å². The number of likely N-dealkylation sites (tertiary alicyclic amines) is 1. The summed E-state index contributed by atoms with van der Waals surface area (Å²) in [4.78, 5) is 13.8. The second-order valence-corrected chi connectivity index (χ2v) is 5.30. The number of piperidine rings is 1. The largest absolute Gasteiger partial charge is 0.489 e. The molecule has 0 spiro atoms. The van der Waals surface area contributed by atoms with E-state index in [9.17, 15) is 9.18 Å². The molecule has 1 unspecified atom stereocenters. The molecule has 116 valence electrons. The Morgan fingerprint density at radius 3 is 2.90 bits per heavy atom. The molecule has 1 aromatic carbocycles. The lowest BCUT2D eigenvalue weighted by molar-refractivity contribution is 0.0601. The number of ether oxygens (including phenoxy) is 2. The first-order chi connectivity index (χ1) is 10.0. The molecule has 21 heavy (non-hydrogen) atoms. The lowest BCUT2D eigenvalue weighted by Crippen LogP contribution is -2.40. The van der Waals surface area contributed by atoms with E-state index < -0.39 is 11.8 Å². The normalized spacial score (nSPS) is 19.3. The molecule has 2 rings (SSSR count). The first-order valence-corrected chi connectivity index (χ1v) is 7.03. The van der Waals surface area contributed by atoms with Gasteiger partial charge in [-0.25, -0.2) is 9.18 Å². The van der Waals surface area contributed by atoms with Gasteiger partial charge in [-0.3, -0.25) is 0 Å². The zero-order valence-corrected chi connectivity index (χ0v) is 12.4. The molecule has 6 heteroatoms. The number of nitrogens with zero attached hydrogens (tertiary/aromatic N) is 1. The van der Waals surface area contributed by atoms with Crippen LogP contribution in [0.25, 0.3) is 0 Å². The number of hydrogen-bond donors (Lipinski definition) is 1. The number of likely N-dealkylation sites (N-methyl/N-ethyl adjacent to an activating group) is 1. The van der Waals surface area contributed by atoms with Crippen LogP contribution in [0.15, 0.2) is 12.1 Å². The van der Waals surface area contributed by atoms with Gasteiger partial charge in [0.1, 0.15) is 6.61 Å². The minimum absolute atomic E-state index is 0.0311. The van der Waals surface area contributed by atoms with Crippen LogP contribution in [0.2, 0.25) is 0 Å². The van der Waals surface area contributed by atoms with Gasteiger partial charge in [-0.2, -0.15) is 0 Å². The molecule has 1 aliphatic rings. The average molecular weight is 296 g/mol. The highest BCUT2D eigenvalue weighted by atomic mass is 19.1. The van der Waals surface area contributed by atoms with Gasteiger partial charge < -0.3 is 20.1 Å². The summed E-state index contributed by atoms with van der Waals surface area (Å²) in [6.07, 6.45) is 3.35. The fourth-order valence-electron chi connectivity index (χ4n) is 2.51. The number of carbonyl (C=O) groups excluding carboxylic acids is 1. The highest BCUT2D eigenvalue weighted by molar-refractivity contribution is 5.95. The Labute approximate surface area is 123 Å². The number of carbonyl (C=O) groups is 1. The maximum absolute atomic E-state index is 13.9. The third-order valence-corrected chi connectivity index (χ3v) is 3.86. The molecule has 0 aliphatic carbocycles. The van der Waals surface area contributed by atoms with Crippen LogP contribution in [0, 0.1) is 5.82 Å². The van der Waals surface area contributed by atoms with Crippen molar-refractivity contribution in [3.63, 3.8) is 0 Å². The molecule has 5 nitrogen and oxygen atoms in total. The van der Waals surface area contributed by atoms with Gasteiger partial charge in [0, 0.05) is 17.8 Å². The van der Waals surface area contributed by atoms with Crippen LogP contribution in [-0.4, -0.2) is 44.2 Å². The van der Waals surface area contributed by atoms with E-state index in [-0.39, 0.29) is 23.0 Å². The minimum Gasteiger partial charge on any atom is -0.489 e. The number of nitrogen functional groups attached to an aromatic ring is 1. The molecule has 0 amide bonds. The average Bonchev–Trinajstić information content (AvgIpc) is 2.47.